The lowest BCUT2D eigenvalue weighted by molar-refractivity contribution is -0.0460. The Labute approximate surface area is 196 Å². The van der Waals surface area contributed by atoms with Gasteiger partial charge in [0, 0.05) is 13.1 Å². The molecule has 0 spiro atoms. The zero-order valence-electron chi connectivity index (χ0n) is 19.2. The fourth-order valence-electron chi connectivity index (χ4n) is 4.53. The Hall–Kier alpha value is -3.15. The van der Waals surface area contributed by atoms with E-state index in [0.29, 0.717) is 19.0 Å². The molecule has 5 nitrogen and oxygen atoms in total. The number of aliphatic hydroxyl groups excluding tert-OH is 1. The van der Waals surface area contributed by atoms with E-state index in [1.165, 1.54) is 0 Å². The average molecular weight is 445 g/mol. The van der Waals surface area contributed by atoms with Gasteiger partial charge < -0.3 is 20.1 Å². The van der Waals surface area contributed by atoms with Crippen LogP contribution in [0.3, 0.4) is 0 Å². The normalized spacial score (nSPS) is 17.3. The van der Waals surface area contributed by atoms with Crippen LogP contribution in [-0.4, -0.2) is 47.9 Å². The minimum absolute atomic E-state index is 0.0686. The maximum absolute atomic E-state index is 12.4. The molecule has 1 fully saturated rings. The van der Waals surface area contributed by atoms with E-state index >= 15 is 0 Å². The van der Waals surface area contributed by atoms with Crippen molar-refractivity contribution in [1.82, 2.24) is 10.2 Å². The van der Waals surface area contributed by atoms with Crippen molar-refractivity contribution < 1.29 is 14.6 Å². The van der Waals surface area contributed by atoms with Crippen LogP contribution in [0.5, 0.6) is 0 Å². The van der Waals surface area contributed by atoms with Crippen LogP contribution < -0.4 is 5.32 Å². The number of nitrogens with one attached hydrogen (secondary N) is 1. The zero-order chi connectivity index (χ0) is 23.3. The van der Waals surface area contributed by atoms with Crippen LogP contribution >= 0.6 is 0 Å². The molecule has 1 heterocycles. The Morgan fingerprint density at radius 3 is 1.79 bits per heavy atom. The molecule has 2 N–H and O–H groups in total. The summed E-state index contributed by atoms with van der Waals surface area (Å²) in [7, 11) is 0. The summed E-state index contributed by atoms with van der Waals surface area (Å²) in [6, 6.07) is 29.7. The van der Waals surface area contributed by atoms with Crippen molar-refractivity contribution in [2.24, 2.45) is 5.92 Å². The number of carbonyl (C=O) groups excluding carboxylic acids is 1. The molecule has 33 heavy (non-hydrogen) atoms. The summed E-state index contributed by atoms with van der Waals surface area (Å²) in [5.41, 5.74) is 2.04. The second kappa shape index (κ2) is 10.2. The van der Waals surface area contributed by atoms with Crippen molar-refractivity contribution in [1.29, 1.82) is 0 Å². The number of amides is 2. The number of hydrogen-bond acceptors (Lipinski definition) is 3. The largest absolute Gasteiger partial charge is 0.388 e. The summed E-state index contributed by atoms with van der Waals surface area (Å²) >= 11 is 0. The van der Waals surface area contributed by atoms with Gasteiger partial charge in [-0.1, -0.05) is 105 Å². The van der Waals surface area contributed by atoms with E-state index in [2.05, 4.69) is 19.2 Å². The maximum atomic E-state index is 12.4. The molecule has 5 heteroatoms. The number of benzene rings is 3. The molecule has 2 atom stereocenters. The molecule has 4 rings (SSSR count). The maximum Gasteiger partial charge on any atom is 0.317 e. The highest BCUT2D eigenvalue weighted by Crippen LogP contribution is 2.40. The molecule has 3 aromatic rings. The SMILES string of the molecule is CC(C)CN1C[C@@H]([C@@H](O)COC(c2ccccc2)(c2ccccc2)c2ccccc2)NC1=O. The summed E-state index contributed by atoms with van der Waals surface area (Å²) < 4.78 is 6.69. The first-order valence-corrected chi connectivity index (χ1v) is 11.5. The Kier molecular flexibility index (Phi) is 7.11. The van der Waals surface area contributed by atoms with Crippen molar-refractivity contribution in [3.8, 4) is 0 Å². The molecule has 1 aliphatic rings. The van der Waals surface area contributed by atoms with Gasteiger partial charge in [-0.15, -0.1) is 0 Å². The van der Waals surface area contributed by atoms with Crippen molar-refractivity contribution >= 4 is 6.03 Å². The predicted octanol–water partition coefficient (Wildman–Crippen LogP) is 4.41. The van der Waals surface area contributed by atoms with E-state index in [0.717, 1.165) is 16.7 Å². The number of carbonyl (C=O) groups is 1. The first-order valence-electron chi connectivity index (χ1n) is 11.5. The van der Waals surface area contributed by atoms with E-state index in [-0.39, 0.29) is 18.7 Å². The molecule has 0 bridgehead atoms. The average Bonchev–Trinajstić information content (AvgIpc) is 3.21. The quantitative estimate of drug-likeness (QED) is 0.481. The third-order valence-electron chi connectivity index (χ3n) is 6.07. The monoisotopic (exact) mass is 444 g/mol. The summed E-state index contributed by atoms with van der Waals surface area (Å²) in [6.45, 7) is 5.36. The lowest BCUT2D eigenvalue weighted by Gasteiger charge is -2.37. The van der Waals surface area contributed by atoms with Gasteiger partial charge in [0.25, 0.3) is 0 Å². The fourth-order valence-corrected chi connectivity index (χ4v) is 4.53. The van der Waals surface area contributed by atoms with Gasteiger partial charge >= 0.3 is 6.03 Å². The number of hydrogen-bond donors (Lipinski definition) is 2. The Morgan fingerprint density at radius 2 is 1.36 bits per heavy atom. The minimum Gasteiger partial charge on any atom is -0.388 e. The molecule has 3 aromatic carbocycles. The van der Waals surface area contributed by atoms with Crippen LogP contribution in [0.2, 0.25) is 0 Å². The number of aliphatic hydroxyl groups is 1. The van der Waals surface area contributed by atoms with Crippen molar-refractivity contribution in [3.63, 3.8) is 0 Å². The number of nitrogens with zero attached hydrogens (tertiary/aromatic N) is 1. The minimum atomic E-state index is -0.898. The van der Waals surface area contributed by atoms with Crippen LogP contribution in [0.25, 0.3) is 0 Å². The standard InChI is InChI=1S/C28H32N2O3/c1-21(2)18-30-19-25(29-27(30)32)26(31)20-33-28(22-12-6-3-7-13-22,23-14-8-4-9-15-23)24-16-10-5-11-17-24/h3-17,21,25-26,31H,18-20H2,1-2H3,(H,29,32)/t25-,26-/m0/s1. The Morgan fingerprint density at radius 1 is 0.909 bits per heavy atom. The lowest BCUT2D eigenvalue weighted by atomic mass is 9.80. The molecule has 0 unspecified atom stereocenters. The fraction of sp³-hybridized carbons (Fsp3) is 0.321. The summed E-state index contributed by atoms with van der Waals surface area (Å²) in [6.07, 6.45) is -0.846. The molecular formula is C28H32N2O3. The van der Waals surface area contributed by atoms with Crippen molar-refractivity contribution in [3.05, 3.63) is 108 Å². The summed E-state index contributed by atoms with van der Waals surface area (Å²) in [4.78, 5) is 14.1. The van der Waals surface area contributed by atoms with E-state index in [4.69, 9.17) is 4.74 Å². The third-order valence-corrected chi connectivity index (χ3v) is 6.07. The molecule has 0 aliphatic carbocycles. The smallest absolute Gasteiger partial charge is 0.317 e. The van der Waals surface area contributed by atoms with Gasteiger partial charge in [-0.25, -0.2) is 4.79 Å². The summed E-state index contributed by atoms with van der Waals surface area (Å²) in [5.74, 6) is 0.366. The van der Waals surface area contributed by atoms with Crippen LogP contribution in [-0.2, 0) is 10.3 Å². The molecule has 1 saturated heterocycles. The van der Waals surface area contributed by atoms with Crippen LogP contribution in [0, 0.1) is 5.92 Å². The van der Waals surface area contributed by atoms with Crippen molar-refractivity contribution in [2.45, 2.75) is 31.6 Å². The number of urea groups is 1. The van der Waals surface area contributed by atoms with Gasteiger partial charge in [0.2, 0.25) is 0 Å². The first kappa shape index (κ1) is 23.0. The van der Waals surface area contributed by atoms with Gasteiger partial charge in [0.1, 0.15) is 5.60 Å². The van der Waals surface area contributed by atoms with E-state index in [1.807, 2.05) is 91.0 Å². The van der Waals surface area contributed by atoms with Crippen LogP contribution in [0.1, 0.15) is 30.5 Å². The highest BCUT2D eigenvalue weighted by molar-refractivity contribution is 5.77. The number of rotatable bonds is 9. The number of ether oxygens (including phenoxy) is 1. The van der Waals surface area contributed by atoms with Crippen LogP contribution in [0.4, 0.5) is 4.79 Å². The zero-order valence-corrected chi connectivity index (χ0v) is 19.2. The highest BCUT2D eigenvalue weighted by atomic mass is 16.5. The first-order chi connectivity index (χ1) is 16.0. The predicted molar refractivity (Wildman–Crippen MR) is 130 cm³/mol. The Balaban J connectivity index is 1.66. The van der Waals surface area contributed by atoms with E-state index in [1.54, 1.807) is 4.90 Å². The third kappa shape index (κ3) is 4.95. The molecule has 0 saturated carbocycles. The molecule has 0 radical (unpaired) electrons. The van der Waals surface area contributed by atoms with Gasteiger partial charge in [0.05, 0.1) is 18.8 Å². The topological polar surface area (TPSA) is 61.8 Å². The second-order valence-electron chi connectivity index (χ2n) is 9.01. The van der Waals surface area contributed by atoms with Gasteiger partial charge in [-0.2, -0.15) is 0 Å². The van der Waals surface area contributed by atoms with Crippen molar-refractivity contribution in [2.75, 3.05) is 19.7 Å². The second-order valence-corrected chi connectivity index (χ2v) is 9.01. The van der Waals surface area contributed by atoms with Gasteiger partial charge in [-0.3, -0.25) is 0 Å². The highest BCUT2D eigenvalue weighted by Gasteiger charge is 2.40. The lowest BCUT2D eigenvalue weighted by Crippen LogP contribution is -2.44. The van der Waals surface area contributed by atoms with E-state index in [9.17, 15) is 9.90 Å². The molecular weight excluding hydrogens is 412 g/mol. The molecule has 1 aliphatic heterocycles. The molecule has 172 valence electrons. The van der Waals surface area contributed by atoms with Crippen LogP contribution in [0.15, 0.2) is 91.0 Å². The van der Waals surface area contributed by atoms with Gasteiger partial charge in [-0.05, 0) is 22.6 Å². The van der Waals surface area contributed by atoms with Gasteiger partial charge in [0.15, 0.2) is 0 Å². The molecule has 0 aromatic heterocycles. The molecule has 2 amide bonds. The van der Waals surface area contributed by atoms with E-state index < -0.39 is 11.7 Å². The summed E-state index contributed by atoms with van der Waals surface area (Å²) in [5, 5.41) is 14.0. The Bertz CT molecular complexity index is 928.